The maximum Gasteiger partial charge on any atom is 0.314 e. The molecule has 1 aliphatic rings. The molecule has 0 radical (unpaired) electrons. The van der Waals surface area contributed by atoms with Gasteiger partial charge in [0.1, 0.15) is 0 Å². The molecule has 0 atom stereocenters. The van der Waals surface area contributed by atoms with E-state index in [4.69, 9.17) is 5.11 Å². The number of hydrogen-bond acceptors (Lipinski definition) is 2. The lowest BCUT2D eigenvalue weighted by Crippen LogP contribution is -2.46. The topological polar surface area (TPSA) is 78.4 Å². The minimum Gasteiger partial charge on any atom is -0.481 e. The number of rotatable bonds is 6. The first-order valence-electron chi connectivity index (χ1n) is 7.06. The average Bonchev–Trinajstić information content (AvgIpc) is 2.83. The second-order valence-electron chi connectivity index (χ2n) is 6.29. The molecule has 0 aliphatic heterocycles. The van der Waals surface area contributed by atoms with Crippen molar-refractivity contribution in [2.24, 2.45) is 10.8 Å². The smallest absolute Gasteiger partial charge is 0.314 e. The molecule has 2 amide bonds. The van der Waals surface area contributed by atoms with E-state index in [2.05, 4.69) is 17.6 Å². The van der Waals surface area contributed by atoms with Crippen LogP contribution in [0.2, 0.25) is 0 Å². The van der Waals surface area contributed by atoms with Gasteiger partial charge < -0.3 is 15.7 Å². The Balaban J connectivity index is 2.34. The molecule has 5 heteroatoms. The fourth-order valence-electron chi connectivity index (χ4n) is 2.49. The summed E-state index contributed by atoms with van der Waals surface area (Å²) in [5, 5.41) is 14.5. The number of amides is 2. The van der Waals surface area contributed by atoms with Crippen LogP contribution >= 0.6 is 0 Å². The predicted molar refractivity (Wildman–Crippen MR) is 74.0 cm³/mol. The van der Waals surface area contributed by atoms with Crippen LogP contribution in [0.4, 0.5) is 4.79 Å². The third kappa shape index (κ3) is 4.40. The minimum atomic E-state index is -0.937. The zero-order chi connectivity index (χ0) is 14.5. The number of carbonyl (C=O) groups excluding carboxylic acids is 1. The maximum absolute atomic E-state index is 11.7. The normalized spacial score (nSPS) is 18.1. The number of nitrogens with one attached hydrogen (secondary N) is 2. The molecule has 5 nitrogen and oxygen atoms in total. The lowest BCUT2D eigenvalue weighted by atomic mass is 9.83. The number of aliphatic carboxylic acids is 1. The van der Waals surface area contributed by atoms with Crippen LogP contribution in [0.3, 0.4) is 0 Å². The van der Waals surface area contributed by atoms with Gasteiger partial charge in [-0.25, -0.2) is 4.79 Å². The van der Waals surface area contributed by atoms with Gasteiger partial charge in [0, 0.05) is 13.1 Å². The Labute approximate surface area is 115 Å². The van der Waals surface area contributed by atoms with Gasteiger partial charge >= 0.3 is 12.0 Å². The quantitative estimate of drug-likeness (QED) is 0.693. The van der Waals surface area contributed by atoms with Gasteiger partial charge in [-0.3, -0.25) is 4.79 Å². The van der Waals surface area contributed by atoms with Crippen LogP contribution in [0.5, 0.6) is 0 Å². The van der Waals surface area contributed by atoms with Gasteiger partial charge in [0.25, 0.3) is 0 Å². The average molecular weight is 270 g/mol. The lowest BCUT2D eigenvalue weighted by molar-refractivity contribution is -0.146. The molecular formula is C14H26N2O3. The molecule has 0 bridgehead atoms. The van der Waals surface area contributed by atoms with E-state index in [-0.39, 0.29) is 18.0 Å². The van der Waals surface area contributed by atoms with Crippen LogP contribution in [0, 0.1) is 10.8 Å². The van der Waals surface area contributed by atoms with Gasteiger partial charge in [-0.2, -0.15) is 0 Å². The van der Waals surface area contributed by atoms with Crippen molar-refractivity contribution in [2.45, 2.75) is 52.9 Å². The molecule has 19 heavy (non-hydrogen) atoms. The molecule has 1 aliphatic carbocycles. The first kappa shape index (κ1) is 15.8. The highest BCUT2D eigenvalue weighted by molar-refractivity contribution is 5.77. The third-order valence-corrected chi connectivity index (χ3v) is 4.31. The van der Waals surface area contributed by atoms with Crippen LogP contribution < -0.4 is 10.6 Å². The van der Waals surface area contributed by atoms with Gasteiger partial charge in [0.2, 0.25) is 0 Å². The summed E-state index contributed by atoms with van der Waals surface area (Å²) in [6.07, 6.45) is 5.90. The fraction of sp³-hybridized carbons (Fsp3) is 0.857. The summed E-state index contributed by atoms with van der Waals surface area (Å²) in [5.41, 5.74) is -0.688. The predicted octanol–water partition coefficient (Wildman–Crippen LogP) is 2.37. The molecule has 0 aromatic carbocycles. The zero-order valence-electron chi connectivity index (χ0n) is 12.2. The second kappa shape index (κ2) is 6.26. The Morgan fingerprint density at radius 2 is 1.79 bits per heavy atom. The van der Waals surface area contributed by atoms with Crippen molar-refractivity contribution in [1.82, 2.24) is 10.6 Å². The van der Waals surface area contributed by atoms with Gasteiger partial charge in [-0.1, -0.05) is 19.8 Å². The van der Waals surface area contributed by atoms with E-state index in [1.54, 1.807) is 13.8 Å². The minimum absolute atomic E-state index is 0.132. The van der Waals surface area contributed by atoms with E-state index in [0.29, 0.717) is 6.54 Å². The lowest BCUT2D eigenvalue weighted by Gasteiger charge is -2.28. The van der Waals surface area contributed by atoms with Crippen molar-refractivity contribution in [3.05, 3.63) is 0 Å². The number of carboxylic acids is 1. The Hall–Kier alpha value is -1.26. The van der Waals surface area contributed by atoms with Crippen LogP contribution in [-0.4, -0.2) is 30.2 Å². The van der Waals surface area contributed by atoms with Gasteiger partial charge in [-0.05, 0) is 38.5 Å². The van der Waals surface area contributed by atoms with Crippen molar-refractivity contribution in [2.75, 3.05) is 13.1 Å². The van der Waals surface area contributed by atoms with Crippen molar-refractivity contribution in [3.63, 3.8) is 0 Å². The molecule has 110 valence electrons. The molecule has 0 heterocycles. The molecule has 3 N–H and O–H groups in total. The first-order chi connectivity index (χ1) is 8.81. The summed E-state index contributed by atoms with van der Waals surface area (Å²) in [6.45, 7) is 6.18. The Morgan fingerprint density at radius 1 is 1.21 bits per heavy atom. The van der Waals surface area contributed by atoms with Gasteiger partial charge in [0.05, 0.1) is 5.41 Å². The molecule has 0 saturated heterocycles. The zero-order valence-corrected chi connectivity index (χ0v) is 12.2. The molecule has 0 aromatic heterocycles. The molecule has 1 saturated carbocycles. The second-order valence-corrected chi connectivity index (χ2v) is 6.29. The molecule has 0 spiro atoms. The van der Waals surface area contributed by atoms with Gasteiger partial charge in [0.15, 0.2) is 0 Å². The van der Waals surface area contributed by atoms with Crippen molar-refractivity contribution < 1.29 is 14.7 Å². The highest BCUT2D eigenvalue weighted by Gasteiger charge is 2.32. The van der Waals surface area contributed by atoms with Crippen molar-refractivity contribution >= 4 is 12.0 Å². The third-order valence-electron chi connectivity index (χ3n) is 4.31. The Kier molecular flexibility index (Phi) is 5.20. The van der Waals surface area contributed by atoms with Crippen molar-refractivity contribution in [1.29, 1.82) is 0 Å². The number of urea groups is 1. The SMILES string of the molecule is CCC1(CNC(=O)NCC(C)(C)C(=O)O)CCCC1. The van der Waals surface area contributed by atoms with Crippen LogP contribution in [-0.2, 0) is 4.79 Å². The first-order valence-corrected chi connectivity index (χ1v) is 7.06. The van der Waals surface area contributed by atoms with Crippen LogP contribution in [0.1, 0.15) is 52.9 Å². The Bertz CT molecular complexity index is 334. The summed E-state index contributed by atoms with van der Waals surface area (Å²) in [6, 6.07) is -0.269. The highest BCUT2D eigenvalue weighted by Crippen LogP contribution is 2.40. The molecule has 0 unspecified atom stereocenters. The van der Waals surface area contributed by atoms with E-state index in [1.807, 2.05) is 0 Å². The molecule has 1 fully saturated rings. The van der Waals surface area contributed by atoms with E-state index in [9.17, 15) is 9.59 Å². The highest BCUT2D eigenvalue weighted by atomic mass is 16.4. The summed E-state index contributed by atoms with van der Waals surface area (Å²) in [4.78, 5) is 22.6. The number of hydrogen-bond donors (Lipinski definition) is 3. The van der Waals surface area contributed by atoms with E-state index in [0.717, 1.165) is 6.42 Å². The van der Waals surface area contributed by atoms with E-state index < -0.39 is 11.4 Å². The van der Waals surface area contributed by atoms with Crippen molar-refractivity contribution in [3.8, 4) is 0 Å². The molecule has 0 aromatic rings. The summed E-state index contributed by atoms with van der Waals surface area (Å²) in [5.74, 6) is -0.909. The van der Waals surface area contributed by atoms with Crippen LogP contribution in [0.25, 0.3) is 0 Å². The monoisotopic (exact) mass is 270 g/mol. The summed E-state index contributed by atoms with van der Waals surface area (Å²) < 4.78 is 0. The molecular weight excluding hydrogens is 244 g/mol. The summed E-state index contributed by atoms with van der Waals surface area (Å²) >= 11 is 0. The van der Waals surface area contributed by atoms with Gasteiger partial charge in [-0.15, -0.1) is 0 Å². The maximum atomic E-state index is 11.7. The van der Waals surface area contributed by atoms with E-state index >= 15 is 0 Å². The number of carboxylic acid groups (broad SMARTS) is 1. The summed E-state index contributed by atoms with van der Waals surface area (Å²) in [7, 11) is 0. The van der Waals surface area contributed by atoms with Crippen LogP contribution in [0.15, 0.2) is 0 Å². The standard InChI is InChI=1S/C14H26N2O3/c1-4-14(7-5-6-8-14)10-16-12(19)15-9-13(2,3)11(17)18/h4-10H2,1-3H3,(H,17,18)(H2,15,16,19). The Morgan fingerprint density at radius 3 is 2.26 bits per heavy atom. The fourth-order valence-corrected chi connectivity index (χ4v) is 2.49. The number of carbonyl (C=O) groups is 2. The molecule has 1 rings (SSSR count). The van der Waals surface area contributed by atoms with E-state index in [1.165, 1.54) is 25.7 Å². The largest absolute Gasteiger partial charge is 0.481 e.